The molecule has 1 saturated heterocycles. The van der Waals surface area contributed by atoms with Gasteiger partial charge in [0.25, 0.3) is 0 Å². The second-order valence-corrected chi connectivity index (χ2v) is 4.61. The number of hydrogen-bond acceptors (Lipinski definition) is 6. The first-order valence-corrected chi connectivity index (χ1v) is 6.25. The number of nitrogens with two attached hydrogens (primary N) is 1. The van der Waals surface area contributed by atoms with Gasteiger partial charge in [0.05, 0.1) is 17.3 Å². The van der Waals surface area contributed by atoms with Crippen molar-refractivity contribution >= 4 is 22.8 Å². The highest BCUT2D eigenvalue weighted by atomic mass is 32.2. The zero-order chi connectivity index (χ0) is 13.0. The molecule has 0 radical (unpaired) electrons. The smallest absolute Gasteiger partial charge is 0.343 e. The van der Waals surface area contributed by atoms with Crippen LogP contribution in [0.25, 0.3) is 0 Å². The van der Waals surface area contributed by atoms with Crippen LogP contribution in [0.15, 0.2) is 22.6 Å². The van der Waals surface area contributed by atoms with E-state index in [4.69, 9.17) is 15.9 Å². The van der Waals surface area contributed by atoms with Gasteiger partial charge in [-0.3, -0.25) is 5.41 Å². The highest BCUT2D eigenvalue weighted by Crippen LogP contribution is 2.29. The lowest BCUT2D eigenvalue weighted by atomic mass is 10.1. The summed E-state index contributed by atoms with van der Waals surface area (Å²) in [6.07, 6.45) is 0.630. The molecule has 0 saturated carbocycles. The van der Waals surface area contributed by atoms with Gasteiger partial charge in [-0.15, -0.1) is 11.8 Å². The van der Waals surface area contributed by atoms with Gasteiger partial charge in [0.1, 0.15) is 11.3 Å². The van der Waals surface area contributed by atoms with Crippen molar-refractivity contribution in [2.45, 2.75) is 20.3 Å². The maximum absolute atomic E-state index is 11.7. The molecule has 0 atom stereocenters. The van der Waals surface area contributed by atoms with Crippen LogP contribution in [-0.4, -0.2) is 28.5 Å². The molecular formula is C11H16N2O3S. The summed E-state index contributed by atoms with van der Waals surface area (Å²) in [5.41, 5.74) is 6.57. The van der Waals surface area contributed by atoms with E-state index in [1.165, 1.54) is 18.7 Å². The molecule has 1 heterocycles. The fourth-order valence-corrected chi connectivity index (χ4v) is 2.42. The van der Waals surface area contributed by atoms with Crippen LogP contribution in [-0.2, 0) is 9.53 Å². The largest absolute Gasteiger partial charge is 0.512 e. The van der Waals surface area contributed by atoms with E-state index in [0.717, 1.165) is 5.75 Å². The molecule has 1 fully saturated rings. The van der Waals surface area contributed by atoms with Gasteiger partial charge in [-0.2, -0.15) is 0 Å². The quantitative estimate of drug-likeness (QED) is 0.406. The minimum atomic E-state index is -0.651. The standard InChI is InChI=1S/C11H16N2O3S/c1-3-16-11(15)8(6(2)14)9(12)7-4-5-17-10(7)13/h13-14H,3-5,12H2,1-2H3/b8-6+,9-7+,13-10?. The molecule has 0 aliphatic carbocycles. The maximum atomic E-state index is 11.7. The van der Waals surface area contributed by atoms with E-state index in [0.29, 0.717) is 17.0 Å². The first kappa shape index (κ1) is 13.6. The van der Waals surface area contributed by atoms with Crippen molar-refractivity contribution in [1.29, 1.82) is 5.41 Å². The van der Waals surface area contributed by atoms with Crippen molar-refractivity contribution in [2.24, 2.45) is 5.73 Å². The van der Waals surface area contributed by atoms with Gasteiger partial charge in [0, 0.05) is 11.3 Å². The summed E-state index contributed by atoms with van der Waals surface area (Å²) in [6.45, 7) is 3.27. The van der Waals surface area contributed by atoms with E-state index >= 15 is 0 Å². The lowest BCUT2D eigenvalue weighted by molar-refractivity contribution is -0.138. The number of aliphatic hydroxyl groups is 1. The Morgan fingerprint density at radius 1 is 1.65 bits per heavy atom. The Balaban J connectivity index is 3.14. The van der Waals surface area contributed by atoms with Gasteiger partial charge in [-0.1, -0.05) is 0 Å². The Labute approximate surface area is 104 Å². The fourth-order valence-electron chi connectivity index (χ4n) is 1.52. The minimum absolute atomic E-state index is 0.0332. The van der Waals surface area contributed by atoms with Gasteiger partial charge in [0.2, 0.25) is 0 Å². The summed E-state index contributed by atoms with van der Waals surface area (Å²) < 4.78 is 4.83. The van der Waals surface area contributed by atoms with E-state index < -0.39 is 5.97 Å². The molecule has 6 heteroatoms. The molecule has 0 aromatic rings. The van der Waals surface area contributed by atoms with E-state index in [2.05, 4.69) is 0 Å². The summed E-state index contributed by atoms with van der Waals surface area (Å²) in [5, 5.41) is 17.5. The van der Waals surface area contributed by atoms with Gasteiger partial charge in [-0.25, -0.2) is 4.79 Å². The number of nitrogens with one attached hydrogen (secondary N) is 1. The third-order valence-corrected chi connectivity index (χ3v) is 3.25. The maximum Gasteiger partial charge on any atom is 0.343 e. The number of hydrogen-bond donors (Lipinski definition) is 3. The molecule has 1 aliphatic rings. The predicted octanol–water partition coefficient (Wildman–Crippen LogP) is 1.71. The van der Waals surface area contributed by atoms with Gasteiger partial charge < -0.3 is 15.6 Å². The van der Waals surface area contributed by atoms with E-state index in [1.807, 2.05) is 0 Å². The topological polar surface area (TPSA) is 96.4 Å². The molecule has 0 unspecified atom stereocenters. The van der Waals surface area contributed by atoms with Crippen molar-refractivity contribution < 1.29 is 14.6 Å². The number of aliphatic hydroxyl groups excluding tert-OH is 1. The van der Waals surface area contributed by atoms with Gasteiger partial charge in [0.15, 0.2) is 0 Å². The molecule has 0 amide bonds. The average molecular weight is 256 g/mol. The zero-order valence-corrected chi connectivity index (χ0v) is 10.7. The van der Waals surface area contributed by atoms with Gasteiger partial charge >= 0.3 is 5.97 Å². The van der Waals surface area contributed by atoms with E-state index in [1.54, 1.807) is 6.92 Å². The van der Waals surface area contributed by atoms with Crippen molar-refractivity contribution in [1.82, 2.24) is 0 Å². The van der Waals surface area contributed by atoms with Crippen molar-refractivity contribution in [2.75, 3.05) is 12.4 Å². The molecule has 94 valence electrons. The molecule has 1 aliphatic heterocycles. The summed E-state index contributed by atoms with van der Waals surface area (Å²) in [4.78, 5) is 11.7. The highest BCUT2D eigenvalue weighted by Gasteiger charge is 2.25. The Morgan fingerprint density at radius 3 is 2.71 bits per heavy atom. The highest BCUT2D eigenvalue weighted by molar-refractivity contribution is 8.14. The summed E-state index contributed by atoms with van der Waals surface area (Å²) in [7, 11) is 0. The summed E-state index contributed by atoms with van der Waals surface area (Å²) in [5.74, 6) is -0.0597. The van der Waals surface area contributed by atoms with Crippen molar-refractivity contribution in [3.63, 3.8) is 0 Å². The van der Waals surface area contributed by atoms with Crippen LogP contribution in [0.5, 0.6) is 0 Å². The molecule has 0 aromatic heterocycles. The van der Waals surface area contributed by atoms with Crippen LogP contribution in [0.3, 0.4) is 0 Å². The molecule has 5 nitrogen and oxygen atoms in total. The van der Waals surface area contributed by atoms with E-state index in [-0.39, 0.29) is 23.6 Å². The molecule has 1 rings (SSSR count). The lowest BCUT2D eigenvalue weighted by Gasteiger charge is -2.11. The van der Waals surface area contributed by atoms with Gasteiger partial charge in [-0.05, 0) is 20.3 Å². The van der Waals surface area contributed by atoms with Crippen molar-refractivity contribution in [3.8, 4) is 0 Å². The third kappa shape index (κ3) is 3.03. The third-order valence-electron chi connectivity index (χ3n) is 2.31. The zero-order valence-electron chi connectivity index (χ0n) is 9.87. The van der Waals surface area contributed by atoms with Crippen LogP contribution in [0.1, 0.15) is 20.3 Å². The average Bonchev–Trinajstić information content (AvgIpc) is 2.64. The SMILES string of the molecule is CCOC(=O)C(=C(\C)O)/C(N)=C1/CCSC1=N. The van der Waals surface area contributed by atoms with Crippen LogP contribution in [0, 0.1) is 5.41 Å². The molecular weight excluding hydrogens is 240 g/mol. The summed E-state index contributed by atoms with van der Waals surface area (Å²) >= 11 is 1.38. The first-order valence-electron chi connectivity index (χ1n) is 5.26. The lowest BCUT2D eigenvalue weighted by Crippen LogP contribution is -2.18. The Morgan fingerprint density at radius 2 is 2.29 bits per heavy atom. The van der Waals surface area contributed by atoms with Crippen LogP contribution >= 0.6 is 11.8 Å². The molecule has 0 spiro atoms. The predicted molar refractivity (Wildman–Crippen MR) is 68.0 cm³/mol. The normalized spacial score (nSPS) is 20.0. The number of allylic oxidation sites excluding steroid dienone is 1. The second-order valence-electron chi connectivity index (χ2n) is 3.50. The molecule has 17 heavy (non-hydrogen) atoms. The Kier molecular flexibility index (Phi) is 4.62. The van der Waals surface area contributed by atoms with Crippen LogP contribution in [0.4, 0.5) is 0 Å². The minimum Gasteiger partial charge on any atom is -0.512 e. The monoisotopic (exact) mass is 256 g/mol. The fraction of sp³-hybridized carbons (Fsp3) is 0.455. The number of thioether (sulfide) groups is 1. The van der Waals surface area contributed by atoms with E-state index in [9.17, 15) is 9.90 Å². The number of rotatable bonds is 3. The molecule has 4 N–H and O–H groups in total. The number of esters is 1. The Hall–Kier alpha value is -1.43. The number of carbonyl (C=O) groups excluding carboxylic acids is 1. The molecule has 0 aromatic carbocycles. The number of carbonyl (C=O) groups is 1. The first-order chi connectivity index (χ1) is 7.99. The second kappa shape index (κ2) is 5.77. The van der Waals surface area contributed by atoms with Crippen LogP contribution < -0.4 is 5.73 Å². The Bertz CT molecular complexity index is 409. The summed E-state index contributed by atoms with van der Waals surface area (Å²) in [6, 6.07) is 0. The number of ether oxygens (including phenoxy) is 1. The van der Waals surface area contributed by atoms with Crippen LogP contribution in [0.2, 0.25) is 0 Å². The van der Waals surface area contributed by atoms with Crippen molar-refractivity contribution in [3.05, 3.63) is 22.6 Å². The molecule has 0 bridgehead atoms.